The van der Waals surface area contributed by atoms with Gasteiger partial charge in [-0.2, -0.15) is 13.9 Å². The molecule has 0 amide bonds. The molecule has 0 aliphatic rings. The fourth-order valence-electron chi connectivity index (χ4n) is 2.27. The van der Waals surface area contributed by atoms with Crippen LogP contribution in [0, 0.1) is 6.92 Å². The Morgan fingerprint density at radius 3 is 2.22 bits per heavy atom. The molecule has 124 valence electrons. The van der Waals surface area contributed by atoms with Crippen molar-refractivity contribution >= 4 is 12.2 Å². The number of ether oxygens (including phenoxy) is 2. The average molecular weight is 337 g/mol. The highest BCUT2D eigenvalue weighted by Gasteiger charge is 2.12. The molecular weight excluding hydrogens is 316 g/mol. The normalized spacial score (nSPS) is 10.5. The first-order valence-corrected chi connectivity index (χ1v) is 6.95. The smallest absolute Gasteiger partial charge is 0.498 e. The minimum atomic E-state index is -0.0633. The molecule has 0 atom stereocenters. The summed E-state index contributed by atoms with van der Waals surface area (Å²) in [5, 5.41) is 0. The number of halogens is 1. The minimum absolute atomic E-state index is 0. The van der Waals surface area contributed by atoms with Crippen molar-refractivity contribution in [3.05, 3.63) is 51.7 Å². The molecular formula is C17H21ClN2O3. The molecule has 2 rings (SSSR count). The van der Waals surface area contributed by atoms with E-state index in [9.17, 15) is 4.79 Å². The number of hydrogen-bond acceptors (Lipinski definition) is 3. The first-order chi connectivity index (χ1) is 10.5. The quantitative estimate of drug-likeness (QED) is 0.653. The lowest BCUT2D eigenvalue weighted by molar-refractivity contribution is -0.696. The lowest BCUT2D eigenvalue weighted by Crippen LogP contribution is -3.00. The third-order valence-electron chi connectivity index (χ3n) is 3.73. The lowest BCUT2D eigenvalue weighted by atomic mass is 10.1. The van der Waals surface area contributed by atoms with Crippen molar-refractivity contribution in [2.75, 3.05) is 14.2 Å². The van der Waals surface area contributed by atoms with Crippen LogP contribution in [0.1, 0.15) is 17.0 Å². The Bertz CT molecular complexity index is 760. The van der Waals surface area contributed by atoms with Crippen LogP contribution >= 0.6 is 0 Å². The van der Waals surface area contributed by atoms with Gasteiger partial charge in [0, 0.05) is 6.07 Å². The van der Waals surface area contributed by atoms with Crippen LogP contribution in [0.15, 0.2) is 29.1 Å². The van der Waals surface area contributed by atoms with E-state index in [-0.39, 0.29) is 18.1 Å². The van der Waals surface area contributed by atoms with Crippen molar-refractivity contribution < 1.29 is 26.4 Å². The number of aromatic nitrogens is 2. The summed E-state index contributed by atoms with van der Waals surface area (Å²) in [6.07, 6.45) is 3.78. The summed E-state index contributed by atoms with van der Waals surface area (Å²) in [4.78, 5) is 12.1. The lowest BCUT2D eigenvalue weighted by Gasteiger charge is -2.09. The molecule has 1 aromatic carbocycles. The third-order valence-corrected chi connectivity index (χ3v) is 3.73. The maximum atomic E-state index is 12.1. The number of methoxy groups -OCH3 is 2. The Labute approximate surface area is 142 Å². The third kappa shape index (κ3) is 3.74. The molecule has 5 nitrogen and oxygen atoms in total. The van der Waals surface area contributed by atoms with Crippen molar-refractivity contribution in [3.8, 4) is 11.5 Å². The van der Waals surface area contributed by atoms with Crippen molar-refractivity contribution in [2.45, 2.75) is 6.92 Å². The maximum absolute atomic E-state index is 12.1. The molecule has 0 spiro atoms. The van der Waals surface area contributed by atoms with Gasteiger partial charge in [-0.15, -0.1) is 0 Å². The molecule has 0 saturated carbocycles. The molecule has 1 heterocycles. The van der Waals surface area contributed by atoms with Gasteiger partial charge in [0.1, 0.15) is 22.9 Å². The van der Waals surface area contributed by atoms with Gasteiger partial charge in [-0.3, -0.25) is 0 Å². The van der Waals surface area contributed by atoms with E-state index >= 15 is 0 Å². The number of benzene rings is 1. The highest BCUT2D eigenvalue weighted by molar-refractivity contribution is 5.75. The Morgan fingerprint density at radius 2 is 1.70 bits per heavy atom. The van der Waals surface area contributed by atoms with Crippen LogP contribution in [-0.4, -0.2) is 18.8 Å². The fourth-order valence-corrected chi connectivity index (χ4v) is 2.27. The van der Waals surface area contributed by atoms with E-state index in [4.69, 9.17) is 9.47 Å². The summed E-state index contributed by atoms with van der Waals surface area (Å²) in [7, 11) is 6.75. The van der Waals surface area contributed by atoms with Crippen LogP contribution in [0.4, 0.5) is 0 Å². The summed E-state index contributed by atoms with van der Waals surface area (Å²) in [5.74, 6) is 1.44. The van der Waals surface area contributed by atoms with E-state index in [1.807, 2.05) is 43.3 Å². The van der Waals surface area contributed by atoms with Crippen molar-refractivity contribution in [3.63, 3.8) is 0 Å². The van der Waals surface area contributed by atoms with Crippen LogP contribution in [0.25, 0.3) is 12.2 Å². The summed E-state index contributed by atoms with van der Waals surface area (Å²) in [6, 6.07) is 7.58. The van der Waals surface area contributed by atoms with E-state index in [0.717, 1.165) is 28.5 Å². The van der Waals surface area contributed by atoms with E-state index in [0.29, 0.717) is 0 Å². The minimum Gasteiger partial charge on any atom is -1.00 e. The second kappa shape index (κ2) is 7.83. The van der Waals surface area contributed by atoms with Gasteiger partial charge in [-0.1, -0.05) is 6.07 Å². The second-order valence-corrected chi connectivity index (χ2v) is 5.02. The molecule has 0 radical (unpaired) electrons. The first-order valence-electron chi connectivity index (χ1n) is 6.95. The predicted octanol–water partition coefficient (Wildman–Crippen LogP) is -1.29. The van der Waals surface area contributed by atoms with Crippen molar-refractivity contribution in [2.24, 2.45) is 14.1 Å². The molecule has 0 N–H and O–H groups in total. The zero-order valence-corrected chi connectivity index (χ0v) is 14.7. The van der Waals surface area contributed by atoms with Gasteiger partial charge < -0.3 is 21.9 Å². The molecule has 2 aromatic rings. The largest absolute Gasteiger partial charge is 1.00 e. The first kappa shape index (κ1) is 18.8. The predicted molar refractivity (Wildman–Crippen MR) is 86.1 cm³/mol. The van der Waals surface area contributed by atoms with Crippen molar-refractivity contribution in [1.29, 1.82) is 0 Å². The van der Waals surface area contributed by atoms with Gasteiger partial charge in [0.2, 0.25) is 0 Å². The van der Waals surface area contributed by atoms with Gasteiger partial charge in [-0.05, 0) is 31.2 Å². The van der Waals surface area contributed by atoms with E-state index in [1.165, 1.54) is 0 Å². The molecule has 0 fully saturated rings. The number of rotatable bonds is 4. The monoisotopic (exact) mass is 336 g/mol. The van der Waals surface area contributed by atoms with Gasteiger partial charge >= 0.3 is 5.69 Å². The molecule has 0 aliphatic heterocycles. The topological polar surface area (TPSA) is 44.3 Å². The van der Waals surface area contributed by atoms with Crippen LogP contribution in [0.5, 0.6) is 11.5 Å². The zero-order valence-electron chi connectivity index (χ0n) is 14.0. The van der Waals surface area contributed by atoms with E-state index < -0.39 is 0 Å². The Balaban J connectivity index is 0.00000264. The summed E-state index contributed by atoms with van der Waals surface area (Å²) in [6.45, 7) is 1.91. The fraction of sp³-hybridized carbons (Fsp3) is 0.294. The zero-order chi connectivity index (χ0) is 16.3. The standard InChI is InChI=1S/C17H21N2O3.ClH/c1-12-11-13(19(3)17(20)18(12)2)9-10-14-15(21-4)7-6-8-16(14)22-5;/h6-11H,1-5H3;1H/q+1;/p-1/b10-9+;. The molecule has 6 heteroatoms. The molecule has 23 heavy (non-hydrogen) atoms. The summed E-state index contributed by atoms with van der Waals surface area (Å²) >= 11 is 0. The Morgan fingerprint density at radius 1 is 1.13 bits per heavy atom. The Kier molecular flexibility index (Phi) is 6.39. The summed E-state index contributed by atoms with van der Waals surface area (Å²) in [5.41, 5.74) is 2.49. The SMILES string of the molecule is COc1cccc(OC)c1/C=C/c1cc(C)[n+](C)c(=O)n1C.[Cl-]. The number of nitrogens with zero attached hydrogens (tertiary/aromatic N) is 2. The maximum Gasteiger partial charge on any atom is 0.498 e. The van der Waals surface area contributed by atoms with Gasteiger partial charge in [0.25, 0.3) is 0 Å². The second-order valence-electron chi connectivity index (χ2n) is 5.02. The van der Waals surface area contributed by atoms with E-state index in [2.05, 4.69) is 0 Å². The highest BCUT2D eigenvalue weighted by Crippen LogP contribution is 2.29. The van der Waals surface area contributed by atoms with Crippen molar-refractivity contribution in [1.82, 2.24) is 4.57 Å². The molecule has 0 aliphatic carbocycles. The van der Waals surface area contributed by atoms with Gasteiger partial charge in [-0.25, -0.2) is 0 Å². The molecule has 0 saturated heterocycles. The molecule has 1 aromatic heterocycles. The van der Waals surface area contributed by atoms with Crippen LogP contribution in [-0.2, 0) is 14.1 Å². The van der Waals surface area contributed by atoms with Crippen LogP contribution in [0.3, 0.4) is 0 Å². The number of hydrogen-bond donors (Lipinski definition) is 0. The van der Waals surface area contributed by atoms with Crippen LogP contribution < -0.4 is 32.1 Å². The van der Waals surface area contributed by atoms with E-state index in [1.54, 1.807) is 37.4 Å². The van der Waals surface area contributed by atoms with Crippen LogP contribution in [0.2, 0.25) is 0 Å². The Hall–Kier alpha value is -2.27. The summed E-state index contributed by atoms with van der Waals surface area (Å²) < 4.78 is 14.0. The highest BCUT2D eigenvalue weighted by atomic mass is 35.5. The molecule has 0 bridgehead atoms. The molecule has 0 unspecified atom stereocenters. The average Bonchev–Trinajstić information content (AvgIpc) is 2.54. The van der Waals surface area contributed by atoms with Gasteiger partial charge in [0.15, 0.2) is 0 Å². The van der Waals surface area contributed by atoms with Gasteiger partial charge in [0.05, 0.1) is 33.9 Å². The number of aryl methyl sites for hydroxylation is 1.